The van der Waals surface area contributed by atoms with Crippen LogP contribution in [0.5, 0.6) is 0 Å². The molecule has 0 saturated carbocycles. The van der Waals surface area contributed by atoms with Crippen molar-refractivity contribution in [3.05, 3.63) is 54.0 Å². The van der Waals surface area contributed by atoms with Gasteiger partial charge >= 0.3 is 0 Å². The van der Waals surface area contributed by atoms with Crippen molar-refractivity contribution in [2.24, 2.45) is 0 Å². The summed E-state index contributed by atoms with van der Waals surface area (Å²) in [6, 6.07) is 13.2. The molecule has 0 radical (unpaired) electrons. The van der Waals surface area contributed by atoms with Gasteiger partial charge in [0, 0.05) is 13.2 Å². The summed E-state index contributed by atoms with van der Waals surface area (Å²) in [7, 11) is -3.70. The van der Waals surface area contributed by atoms with E-state index < -0.39 is 10.0 Å². The minimum atomic E-state index is -3.70. The molecular formula is C18H19N3O3S2. The third kappa shape index (κ3) is 3.59. The van der Waals surface area contributed by atoms with Gasteiger partial charge in [-0.15, -0.1) is 11.3 Å². The molecule has 4 rings (SSSR count). The molecule has 1 saturated heterocycles. The number of ether oxygens (including phenoxy) is 1. The Labute approximate surface area is 156 Å². The van der Waals surface area contributed by atoms with Gasteiger partial charge in [-0.05, 0) is 36.4 Å². The molecule has 1 aliphatic heterocycles. The summed E-state index contributed by atoms with van der Waals surface area (Å²) in [6.45, 7) is 0.974. The van der Waals surface area contributed by atoms with E-state index in [1.807, 2.05) is 47.8 Å². The highest BCUT2D eigenvalue weighted by molar-refractivity contribution is 7.89. The molecule has 3 heterocycles. The van der Waals surface area contributed by atoms with Gasteiger partial charge in [0.15, 0.2) is 0 Å². The van der Waals surface area contributed by atoms with Gasteiger partial charge in [-0.3, -0.25) is 0 Å². The van der Waals surface area contributed by atoms with Crippen LogP contribution in [0.1, 0.15) is 12.8 Å². The molecule has 1 aromatic carbocycles. The summed E-state index contributed by atoms with van der Waals surface area (Å²) in [6.07, 6.45) is 3.36. The van der Waals surface area contributed by atoms with Gasteiger partial charge in [-0.1, -0.05) is 24.3 Å². The maximum Gasteiger partial charge on any atom is 0.244 e. The van der Waals surface area contributed by atoms with E-state index in [1.165, 1.54) is 11.3 Å². The van der Waals surface area contributed by atoms with Gasteiger partial charge < -0.3 is 4.74 Å². The van der Waals surface area contributed by atoms with Crippen LogP contribution in [0.3, 0.4) is 0 Å². The lowest BCUT2D eigenvalue weighted by Crippen LogP contribution is -2.31. The number of benzene rings is 1. The molecule has 6 nitrogen and oxygen atoms in total. The van der Waals surface area contributed by atoms with Crippen molar-refractivity contribution >= 4 is 21.4 Å². The standard InChI is InChI=1S/C18H19N3O3S2/c22-26(23,19-12-15-8-4-10-24-15)17-13-21(14-6-2-1-3-7-14)20-18(17)16-9-5-11-25-16/h1-3,5-7,9,11,13,15,19H,4,8,10,12H2. The van der Waals surface area contributed by atoms with Crippen molar-refractivity contribution in [1.29, 1.82) is 0 Å². The van der Waals surface area contributed by atoms with Crippen LogP contribution in [0.25, 0.3) is 16.3 Å². The van der Waals surface area contributed by atoms with E-state index >= 15 is 0 Å². The van der Waals surface area contributed by atoms with Gasteiger partial charge in [0.05, 0.1) is 22.9 Å². The highest BCUT2D eigenvalue weighted by atomic mass is 32.2. The Morgan fingerprint density at radius 3 is 2.77 bits per heavy atom. The monoisotopic (exact) mass is 389 g/mol. The van der Waals surface area contributed by atoms with E-state index in [1.54, 1.807) is 10.9 Å². The number of nitrogens with one attached hydrogen (secondary N) is 1. The van der Waals surface area contributed by atoms with Gasteiger partial charge in [-0.2, -0.15) is 5.10 Å². The summed E-state index contributed by atoms with van der Waals surface area (Å²) >= 11 is 1.47. The molecule has 2 aromatic heterocycles. The molecule has 1 N–H and O–H groups in total. The summed E-state index contributed by atoms with van der Waals surface area (Å²) in [4.78, 5) is 0.999. The number of hydrogen-bond donors (Lipinski definition) is 1. The Morgan fingerprint density at radius 1 is 1.23 bits per heavy atom. The minimum absolute atomic E-state index is 0.0564. The summed E-state index contributed by atoms with van der Waals surface area (Å²) < 4.78 is 35.7. The molecule has 0 amide bonds. The smallest absolute Gasteiger partial charge is 0.244 e. The number of sulfonamides is 1. The van der Waals surface area contributed by atoms with E-state index in [9.17, 15) is 8.42 Å². The van der Waals surface area contributed by atoms with E-state index in [2.05, 4.69) is 9.82 Å². The number of rotatable bonds is 6. The lowest BCUT2D eigenvalue weighted by Gasteiger charge is -2.11. The molecule has 1 fully saturated rings. The van der Waals surface area contributed by atoms with Crippen molar-refractivity contribution < 1.29 is 13.2 Å². The maximum absolute atomic E-state index is 12.9. The molecule has 136 valence electrons. The quantitative estimate of drug-likeness (QED) is 0.703. The molecular weight excluding hydrogens is 370 g/mol. The average molecular weight is 390 g/mol. The minimum Gasteiger partial charge on any atom is -0.377 e. The number of para-hydroxylation sites is 1. The number of hydrogen-bond acceptors (Lipinski definition) is 5. The zero-order chi connectivity index (χ0) is 18.0. The van der Waals surface area contributed by atoms with Gasteiger partial charge in [0.25, 0.3) is 0 Å². The Balaban J connectivity index is 1.70. The summed E-state index contributed by atoms with van der Waals surface area (Å²) in [5.74, 6) is 0. The lowest BCUT2D eigenvalue weighted by molar-refractivity contribution is 0.114. The fourth-order valence-electron chi connectivity index (χ4n) is 2.94. The highest BCUT2D eigenvalue weighted by Gasteiger charge is 2.26. The van der Waals surface area contributed by atoms with Crippen LogP contribution in [0.2, 0.25) is 0 Å². The molecule has 0 bridgehead atoms. The third-order valence-electron chi connectivity index (χ3n) is 4.27. The maximum atomic E-state index is 12.9. The molecule has 0 spiro atoms. The zero-order valence-corrected chi connectivity index (χ0v) is 15.7. The van der Waals surface area contributed by atoms with Crippen LogP contribution in [-0.2, 0) is 14.8 Å². The summed E-state index contributed by atoms with van der Waals surface area (Å²) in [5.41, 5.74) is 1.27. The Morgan fingerprint density at radius 2 is 2.08 bits per heavy atom. The first-order valence-electron chi connectivity index (χ1n) is 8.44. The fourth-order valence-corrected chi connectivity index (χ4v) is 4.93. The Bertz CT molecular complexity index is 961. The predicted octanol–water partition coefficient (Wildman–Crippen LogP) is 3.06. The van der Waals surface area contributed by atoms with Gasteiger partial charge in [0.1, 0.15) is 10.6 Å². The normalized spacial score (nSPS) is 17.6. The van der Waals surface area contributed by atoms with Crippen LogP contribution in [0.15, 0.2) is 58.9 Å². The molecule has 0 aliphatic carbocycles. The number of nitrogens with zero attached hydrogens (tertiary/aromatic N) is 2. The first kappa shape index (κ1) is 17.4. The largest absolute Gasteiger partial charge is 0.377 e. The number of thiophene rings is 1. The van der Waals surface area contributed by atoms with Crippen molar-refractivity contribution in [2.45, 2.75) is 23.8 Å². The molecule has 1 aliphatic rings. The van der Waals surface area contributed by atoms with E-state index in [-0.39, 0.29) is 17.5 Å². The van der Waals surface area contributed by atoms with Crippen molar-refractivity contribution in [2.75, 3.05) is 13.2 Å². The van der Waals surface area contributed by atoms with Crippen LogP contribution in [-0.4, -0.2) is 37.5 Å². The number of aromatic nitrogens is 2. The van der Waals surface area contributed by atoms with E-state index in [4.69, 9.17) is 4.74 Å². The Kier molecular flexibility index (Phi) is 4.90. The predicted molar refractivity (Wildman–Crippen MR) is 101 cm³/mol. The molecule has 1 unspecified atom stereocenters. The fraction of sp³-hybridized carbons (Fsp3) is 0.278. The second-order valence-corrected chi connectivity index (χ2v) is 8.77. The molecule has 26 heavy (non-hydrogen) atoms. The van der Waals surface area contributed by atoms with Crippen LogP contribution in [0, 0.1) is 0 Å². The van der Waals surface area contributed by atoms with Gasteiger partial charge in [0.2, 0.25) is 10.0 Å². The van der Waals surface area contributed by atoms with E-state index in [0.717, 1.165) is 23.4 Å². The zero-order valence-electron chi connectivity index (χ0n) is 14.0. The lowest BCUT2D eigenvalue weighted by atomic mass is 10.2. The van der Waals surface area contributed by atoms with Crippen LogP contribution >= 0.6 is 11.3 Å². The second kappa shape index (κ2) is 7.32. The molecule has 8 heteroatoms. The second-order valence-electron chi connectivity index (χ2n) is 6.09. The van der Waals surface area contributed by atoms with Crippen LogP contribution < -0.4 is 4.72 Å². The summed E-state index contributed by atoms with van der Waals surface area (Å²) in [5, 5.41) is 6.46. The molecule has 1 atom stereocenters. The topological polar surface area (TPSA) is 73.2 Å². The van der Waals surface area contributed by atoms with E-state index in [0.29, 0.717) is 12.3 Å². The Hall–Kier alpha value is -2.00. The third-order valence-corrected chi connectivity index (χ3v) is 6.57. The molecule has 3 aromatic rings. The first-order valence-corrected chi connectivity index (χ1v) is 10.8. The van der Waals surface area contributed by atoms with Crippen molar-refractivity contribution in [3.63, 3.8) is 0 Å². The average Bonchev–Trinajstić information content (AvgIpc) is 3.42. The highest BCUT2D eigenvalue weighted by Crippen LogP contribution is 2.30. The first-order chi connectivity index (χ1) is 12.6. The SMILES string of the molecule is O=S(=O)(NCC1CCCO1)c1cn(-c2ccccc2)nc1-c1cccs1. The van der Waals surface area contributed by atoms with Crippen LogP contribution in [0.4, 0.5) is 0 Å². The van der Waals surface area contributed by atoms with Crippen molar-refractivity contribution in [1.82, 2.24) is 14.5 Å². The van der Waals surface area contributed by atoms with Gasteiger partial charge in [-0.25, -0.2) is 17.8 Å². The van der Waals surface area contributed by atoms with Crippen molar-refractivity contribution in [3.8, 4) is 16.3 Å².